The zero-order valence-electron chi connectivity index (χ0n) is 16.8. The fourth-order valence-corrected chi connectivity index (χ4v) is 3.81. The highest BCUT2D eigenvalue weighted by atomic mass is 32.1. The smallest absolute Gasteiger partial charge is 0.252 e. The first-order valence-electron chi connectivity index (χ1n) is 10.3. The average Bonchev–Trinajstić information content (AvgIpc) is 3.25. The molecule has 30 heavy (non-hydrogen) atoms. The van der Waals surface area contributed by atoms with Gasteiger partial charge in [0, 0.05) is 23.4 Å². The minimum absolute atomic E-state index is 0.0633. The molecule has 0 aliphatic carbocycles. The number of fused-ring (bicyclic) bond motifs is 1. The summed E-state index contributed by atoms with van der Waals surface area (Å²) >= 11 is 4.33. The highest BCUT2D eigenvalue weighted by Gasteiger charge is 2.08. The molecule has 0 spiro atoms. The third-order valence-corrected chi connectivity index (χ3v) is 5.60. The lowest BCUT2D eigenvalue weighted by Gasteiger charge is -2.06. The molecule has 0 aliphatic rings. The Morgan fingerprint density at radius 1 is 0.933 bits per heavy atom. The largest absolute Gasteiger partial charge is 0.352 e. The van der Waals surface area contributed by atoms with Gasteiger partial charge in [-0.15, -0.1) is 12.6 Å². The van der Waals surface area contributed by atoms with E-state index in [0.717, 1.165) is 42.8 Å². The van der Waals surface area contributed by atoms with E-state index in [2.05, 4.69) is 70.4 Å². The number of nitrogens with one attached hydrogen (secondary N) is 2. The summed E-state index contributed by atoms with van der Waals surface area (Å²) in [5, 5.41) is 5.44. The number of nitrogens with zero attached hydrogens (tertiary/aromatic N) is 1. The third kappa shape index (κ3) is 4.92. The Balaban J connectivity index is 1.22. The van der Waals surface area contributed by atoms with Gasteiger partial charge in [0.15, 0.2) is 0 Å². The van der Waals surface area contributed by atoms with E-state index in [9.17, 15) is 4.79 Å². The first-order chi connectivity index (χ1) is 14.7. The fourth-order valence-electron chi connectivity index (χ4n) is 3.55. The maximum Gasteiger partial charge on any atom is 0.252 e. The number of hydrogen-bond donors (Lipinski definition) is 3. The Morgan fingerprint density at radius 2 is 1.73 bits per heavy atom. The predicted octanol–water partition coefficient (Wildman–Crippen LogP) is 5.66. The lowest BCUT2D eigenvalue weighted by Crippen LogP contribution is -2.24. The number of amides is 1. The number of hydrogen-bond acceptors (Lipinski definition) is 3. The Bertz CT molecular complexity index is 1150. The van der Waals surface area contributed by atoms with Crippen molar-refractivity contribution in [3.63, 3.8) is 0 Å². The molecule has 3 aromatic carbocycles. The van der Waals surface area contributed by atoms with Crippen molar-refractivity contribution in [2.24, 2.45) is 0 Å². The fraction of sp³-hybridized carbons (Fsp3) is 0.200. The molecule has 0 saturated heterocycles. The van der Waals surface area contributed by atoms with Gasteiger partial charge in [0.05, 0.1) is 17.5 Å². The van der Waals surface area contributed by atoms with Gasteiger partial charge in [-0.3, -0.25) is 4.79 Å². The van der Waals surface area contributed by atoms with E-state index < -0.39 is 0 Å². The molecule has 0 saturated carbocycles. The maximum atomic E-state index is 12.2. The van der Waals surface area contributed by atoms with Gasteiger partial charge in [-0.05, 0) is 41.8 Å². The first kappa shape index (κ1) is 20.2. The van der Waals surface area contributed by atoms with E-state index in [0.29, 0.717) is 17.0 Å². The quantitative estimate of drug-likeness (QED) is 0.257. The van der Waals surface area contributed by atoms with Gasteiger partial charge in [0.25, 0.3) is 5.91 Å². The number of aryl methyl sites for hydroxylation is 1. The van der Waals surface area contributed by atoms with E-state index in [4.69, 9.17) is 0 Å². The standard InChI is InChI=1S/C25H25N3OS/c29-25(21-10-5-6-11-23(21)30)26-15-7-1-2-12-24-27-17-22(28-24)20-14-13-18-8-3-4-9-19(18)16-20/h3-6,8-11,13-14,16-17,30H,1-2,7,12,15H2,(H,26,29)(H,27,28). The van der Waals surface area contributed by atoms with E-state index in [-0.39, 0.29) is 5.91 Å². The van der Waals surface area contributed by atoms with Crippen LogP contribution >= 0.6 is 12.6 Å². The molecular formula is C25H25N3OS. The zero-order chi connectivity index (χ0) is 20.8. The number of imidazole rings is 1. The molecule has 4 nitrogen and oxygen atoms in total. The molecule has 1 amide bonds. The number of rotatable bonds is 8. The van der Waals surface area contributed by atoms with Gasteiger partial charge in [-0.1, -0.05) is 55.0 Å². The van der Waals surface area contributed by atoms with Crippen molar-refractivity contribution in [3.8, 4) is 11.3 Å². The van der Waals surface area contributed by atoms with Crippen LogP contribution in [0, 0.1) is 0 Å². The summed E-state index contributed by atoms with van der Waals surface area (Å²) in [6, 6.07) is 22.2. The molecule has 4 rings (SSSR count). The normalized spacial score (nSPS) is 11.0. The summed E-state index contributed by atoms with van der Waals surface area (Å²) in [6.45, 7) is 0.668. The van der Waals surface area contributed by atoms with Crippen LogP contribution in [0.25, 0.3) is 22.0 Å². The second kappa shape index (κ2) is 9.63. The molecule has 2 N–H and O–H groups in total. The molecule has 0 fully saturated rings. The van der Waals surface area contributed by atoms with Gasteiger partial charge < -0.3 is 10.3 Å². The molecule has 0 radical (unpaired) electrons. The zero-order valence-corrected chi connectivity index (χ0v) is 17.7. The molecule has 0 bridgehead atoms. The molecule has 0 unspecified atom stereocenters. The second-order valence-corrected chi connectivity index (χ2v) is 7.87. The summed E-state index contributed by atoms with van der Waals surface area (Å²) < 4.78 is 0. The summed E-state index contributed by atoms with van der Waals surface area (Å²) in [6.07, 6.45) is 5.83. The summed E-state index contributed by atoms with van der Waals surface area (Å²) in [5.74, 6) is 0.942. The van der Waals surface area contributed by atoms with Gasteiger partial charge in [0.1, 0.15) is 5.82 Å². The molecule has 1 aromatic heterocycles. The molecule has 0 atom stereocenters. The topological polar surface area (TPSA) is 57.8 Å². The number of carbonyl (C=O) groups excluding carboxylic acids is 1. The van der Waals surface area contributed by atoms with Crippen LogP contribution < -0.4 is 5.32 Å². The molecule has 1 heterocycles. The predicted molar refractivity (Wildman–Crippen MR) is 125 cm³/mol. The van der Waals surface area contributed by atoms with Crippen LogP contribution in [0.15, 0.2) is 77.8 Å². The van der Waals surface area contributed by atoms with Crippen LogP contribution in [0.3, 0.4) is 0 Å². The van der Waals surface area contributed by atoms with E-state index in [1.807, 2.05) is 24.4 Å². The van der Waals surface area contributed by atoms with Crippen molar-refractivity contribution in [1.29, 1.82) is 0 Å². The van der Waals surface area contributed by atoms with Crippen LogP contribution in [0.4, 0.5) is 0 Å². The van der Waals surface area contributed by atoms with Gasteiger partial charge >= 0.3 is 0 Å². The van der Waals surface area contributed by atoms with Crippen LogP contribution in [0.5, 0.6) is 0 Å². The van der Waals surface area contributed by atoms with E-state index in [1.54, 1.807) is 6.07 Å². The lowest BCUT2D eigenvalue weighted by atomic mass is 10.1. The second-order valence-electron chi connectivity index (χ2n) is 7.39. The Morgan fingerprint density at radius 3 is 2.60 bits per heavy atom. The van der Waals surface area contributed by atoms with Gasteiger partial charge in [0.2, 0.25) is 0 Å². The Kier molecular flexibility index (Phi) is 6.50. The Hall–Kier alpha value is -3.05. The van der Waals surface area contributed by atoms with Crippen LogP contribution in [-0.4, -0.2) is 22.4 Å². The highest BCUT2D eigenvalue weighted by molar-refractivity contribution is 7.80. The van der Waals surface area contributed by atoms with Crippen LogP contribution in [-0.2, 0) is 6.42 Å². The number of benzene rings is 3. The van der Waals surface area contributed by atoms with E-state index >= 15 is 0 Å². The summed E-state index contributed by atoms with van der Waals surface area (Å²) in [4.78, 5) is 20.8. The average molecular weight is 416 g/mol. The SMILES string of the molecule is O=C(NCCCCCc1ncc(-c2ccc3ccccc3c2)[nH]1)c1ccccc1S. The van der Waals surface area contributed by atoms with Crippen molar-refractivity contribution in [2.45, 2.75) is 30.6 Å². The molecule has 5 heteroatoms. The van der Waals surface area contributed by atoms with Crippen molar-refractivity contribution >= 4 is 29.3 Å². The highest BCUT2D eigenvalue weighted by Crippen LogP contribution is 2.23. The minimum Gasteiger partial charge on any atom is -0.352 e. The van der Waals surface area contributed by atoms with E-state index in [1.165, 1.54) is 10.8 Å². The number of carbonyl (C=O) groups is 1. The molecule has 0 aliphatic heterocycles. The third-order valence-electron chi connectivity index (χ3n) is 5.21. The monoisotopic (exact) mass is 415 g/mol. The lowest BCUT2D eigenvalue weighted by molar-refractivity contribution is 0.0950. The number of H-pyrrole nitrogens is 1. The number of unbranched alkanes of at least 4 members (excludes halogenated alkanes) is 2. The Labute approximate surface area is 182 Å². The van der Waals surface area contributed by atoms with Crippen molar-refractivity contribution in [2.75, 3.05) is 6.54 Å². The number of aromatic nitrogens is 2. The maximum absolute atomic E-state index is 12.2. The number of aromatic amines is 1. The van der Waals surface area contributed by atoms with Crippen molar-refractivity contribution < 1.29 is 4.79 Å². The van der Waals surface area contributed by atoms with Gasteiger partial charge in [-0.2, -0.15) is 0 Å². The van der Waals surface area contributed by atoms with Crippen molar-refractivity contribution in [1.82, 2.24) is 15.3 Å². The summed E-state index contributed by atoms with van der Waals surface area (Å²) in [5.41, 5.74) is 2.82. The first-order valence-corrected chi connectivity index (χ1v) is 10.7. The van der Waals surface area contributed by atoms with Crippen molar-refractivity contribution in [3.05, 3.63) is 84.3 Å². The molecule has 152 valence electrons. The van der Waals surface area contributed by atoms with Crippen LogP contribution in [0.2, 0.25) is 0 Å². The molecule has 4 aromatic rings. The number of thiol groups is 1. The summed E-state index contributed by atoms with van der Waals surface area (Å²) in [7, 11) is 0. The van der Waals surface area contributed by atoms with Crippen LogP contribution in [0.1, 0.15) is 35.4 Å². The molecular weight excluding hydrogens is 390 g/mol. The van der Waals surface area contributed by atoms with Gasteiger partial charge in [-0.25, -0.2) is 4.98 Å². The minimum atomic E-state index is -0.0633.